The van der Waals surface area contributed by atoms with Gasteiger partial charge in [-0.2, -0.15) is 0 Å². The molecule has 0 aromatic rings. The van der Waals surface area contributed by atoms with E-state index in [-0.39, 0.29) is 12.5 Å². The molecule has 0 saturated carbocycles. The number of allylic oxidation sites excluding steroid dienone is 25. The minimum atomic E-state index is -4.63. The number of likely N-dealkylation sites (N-methyl/N-ethyl adjacent to an activating group) is 1. The number of rotatable bonds is 68. The number of phosphoric acid groups is 1. The van der Waals surface area contributed by atoms with Gasteiger partial charge in [0.05, 0.1) is 39.9 Å². The van der Waals surface area contributed by atoms with Gasteiger partial charge in [0.25, 0.3) is 7.82 Å². The number of quaternary nitrogens is 1. The normalized spacial score (nSPS) is 14.5. The summed E-state index contributed by atoms with van der Waals surface area (Å²) in [5.74, 6) is -0.229. The smallest absolute Gasteiger partial charge is 0.268 e. The van der Waals surface area contributed by atoms with Crippen LogP contribution in [0.25, 0.3) is 0 Å². The van der Waals surface area contributed by atoms with Gasteiger partial charge in [-0.05, 0) is 116 Å². The van der Waals surface area contributed by atoms with E-state index in [9.17, 15) is 19.4 Å². The summed E-state index contributed by atoms with van der Waals surface area (Å²) >= 11 is 0. The first kappa shape index (κ1) is 88.1. The van der Waals surface area contributed by atoms with Crippen LogP contribution in [-0.4, -0.2) is 68.5 Å². The van der Waals surface area contributed by atoms with Gasteiger partial charge in [-0.3, -0.25) is 9.36 Å². The first-order chi connectivity index (χ1) is 45.0. The lowest BCUT2D eigenvalue weighted by Gasteiger charge is -2.29. The molecule has 0 bridgehead atoms. The quantitative estimate of drug-likeness (QED) is 0.0272. The number of nitrogens with one attached hydrogen (secondary N) is 1. The number of aliphatic hydroxyl groups excluding tert-OH is 1. The van der Waals surface area contributed by atoms with Crippen molar-refractivity contribution in [2.24, 2.45) is 0 Å². The molecule has 9 heteroatoms. The second-order valence-electron chi connectivity index (χ2n) is 26.3. The minimum Gasteiger partial charge on any atom is -0.756 e. The summed E-state index contributed by atoms with van der Waals surface area (Å²) in [5.41, 5.74) is 0. The van der Waals surface area contributed by atoms with E-state index in [2.05, 4.69) is 165 Å². The summed E-state index contributed by atoms with van der Waals surface area (Å²) in [7, 11) is 1.21. The average molecular weight is 1300 g/mol. The number of nitrogens with zero attached hydrogens (tertiary/aromatic N) is 1. The van der Waals surface area contributed by atoms with Crippen molar-refractivity contribution in [3.8, 4) is 0 Å². The Labute approximate surface area is 569 Å². The minimum absolute atomic E-state index is 0.0185. The third-order valence-corrected chi connectivity index (χ3v) is 17.2. The van der Waals surface area contributed by atoms with Crippen molar-refractivity contribution in [1.29, 1.82) is 0 Å². The Morgan fingerprint density at radius 3 is 1.01 bits per heavy atom. The first-order valence-corrected chi connectivity index (χ1v) is 39.3. The number of carbonyl (C=O) groups is 1. The summed E-state index contributed by atoms with van der Waals surface area (Å²) in [6.45, 7) is 4.51. The second kappa shape index (κ2) is 71.4. The van der Waals surface area contributed by atoms with Crippen molar-refractivity contribution in [1.82, 2.24) is 5.32 Å². The van der Waals surface area contributed by atoms with Gasteiger partial charge >= 0.3 is 0 Å². The van der Waals surface area contributed by atoms with Gasteiger partial charge in [-0.1, -0.05) is 345 Å². The van der Waals surface area contributed by atoms with Crippen molar-refractivity contribution in [3.63, 3.8) is 0 Å². The fourth-order valence-electron chi connectivity index (χ4n) is 10.4. The number of amides is 1. The van der Waals surface area contributed by atoms with Crippen molar-refractivity contribution >= 4 is 13.7 Å². The van der Waals surface area contributed by atoms with Crippen molar-refractivity contribution < 1.29 is 32.9 Å². The highest BCUT2D eigenvalue weighted by atomic mass is 31.2. The molecule has 1 amide bonds. The van der Waals surface area contributed by atoms with Gasteiger partial charge < -0.3 is 28.8 Å². The van der Waals surface area contributed by atoms with Crippen LogP contribution in [0.2, 0.25) is 0 Å². The Bertz CT molecular complexity index is 2060. The largest absolute Gasteiger partial charge is 0.756 e. The third kappa shape index (κ3) is 73.5. The molecule has 2 N–H and O–H groups in total. The molecular weight excluding hydrogens is 1150 g/mol. The molecular formula is C83H143N2O6P. The number of unbranched alkanes of at least 4 members (excludes halogenated alkanes) is 31. The standard InChI is InChI=1S/C83H143N2O6P/c1-6-8-10-12-14-16-18-20-22-24-26-28-30-32-34-36-38-39-40-41-42-43-44-45-47-49-51-53-55-57-59-61-63-65-67-69-71-73-75-77-83(87)84-81(80-91-92(88,89)90-79-78-85(3,4)5)82(86)76-74-72-70-68-66-64-62-60-58-56-54-52-50-48-46-37-35-33-31-29-27-25-23-21-19-17-15-13-11-9-7-2/h8,10,14,16,20,22,26,28,32,34,38-39,41-42,44-45,49,51,55,57,61,63,66,68,74,76,81-82,86H,6-7,9,11-13,15,17-19,21,23-25,27,29-31,33,35-37,40,43,46-48,50,52-54,56,58-60,62,64-65,67,69-73,75,77-80H2,1-5H3,(H-,84,87,88,89)/b10-8-,16-14-,22-20-,28-26-,34-32-,39-38-,42-41-,45-44-,51-49-,57-55-,63-61-,68-66+,76-74+. The number of hydrogen-bond acceptors (Lipinski definition) is 6. The van der Waals surface area contributed by atoms with E-state index < -0.39 is 26.6 Å². The highest BCUT2D eigenvalue weighted by molar-refractivity contribution is 7.45. The lowest BCUT2D eigenvalue weighted by atomic mass is 10.0. The highest BCUT2D eigenvalue weighted by Gasteiger charge is 2.23. The number of hydrogen-bond donors (Lipinski definition) is 2. The van der Waals surface area contributed by atoms with Crippen LogP contribution in [0.3, 0.4) is 0 Å². The number of carbonyl (C=O) groups excluding carboxylic acids is 1. The Hall–Kier alpha value is -3.88. The maximum absolute atomic E-state index is 13.1. The molecule has 0 rings (SSSR count). The molecule has 0 fully saturated rings. The summed E-state index contributed by atoms with van der Waals surface area (Å²) in [6, 6.07) is -0.928. The molecule has 3 atom stereocenters. The molecule has 92 heavy (non-hydrogen) atoms. The molecule has 0 saturated heterocycles. The fourth-order valence-corrected chi connectivity index (χ4v) is 11.1. The van der Waals surface area contributed by atoms with E-state index in [1.807, 2.05) is 27.2 Å². The average Bonchev–Trinajstić information content (AvgIpc) is 2.63. The molecule has 8 nitrogen and oxygen atoms in total. The zero-order valence-corrected chi connectivity index (χ0v) is 61.1. The Balaban J connectivity index is 4.19. The predicted molar refractivity (Wildman–Crippen MR) is 403 cm³/mol. The van der Waals surface area contributed by atoms with Crippen LogP contribution in [0.4, 0.5) is 0 Å². The first-order valence-electron chi connectivity index (χ1n) is 37.8. The van der Waals surface area contributed by atoms with Crippen LogP contribution < -0.4 is 10.2 Å². The Kier molecular flexibility index (Phi) is 68.4. The summed E-state index contributed by atoms with van der Waals surface area (Å²) in [6.07, 6.45) is 111. The van der Waals surface area contributed by atoms with E-state index >= 15 is 0 Å². The molecule has 0 heterocycles. The van der Waals surface area contributed by atoms with Gasteiger partial charge in [-0.15, -0.1) is 0 Å². The van der Waals surface area contributed by atoms with Crippen LogP contribution in [0.15, 0.2) is 158 Å². The maximum Gasteiger partial charge on any atom is 0.268 e. The van der Waals surface area contributed by atoms with Crippen LogP contribution in [-0.2, 0) is 18.4 Å². The van der Waals surface area contributed by atoms with Gasteiger partial charge in [0, 0.05) is 6.42 Å². The molecule has 0 radical (unpaired) electrons. The van der Waals surface area contributed by atoms with Crippen molar-refractivity contribution in [2.45, 2.75) is 321 Å². The van der Waals surface area contributed by atoms with Crippen LogP contribution >= 0.6 is 7.82 Å². The highest BCUT2D eigenvalue weighted by Crippen LogP contribution is 2.38. The lowest BCUT2D eigenvalue weighted by molar-refractivity contribution is -0.870. The fraction of sp³-hybridized carbons (Fsp3) is 0.675. The second-order valence-corrected chi connectivity index (χ2v) is 27.7. The van der Waals surface area contributed by atoms with Crippen LogP contribution in [0.5, 0.6) is 0 Å². The maximum atomic E-state index is 13.1. The lowest BCUT2D eigenvalue weighted by Crippen LogP contribution is -2.45. The summed E-state index contributed by atoms with van der Waals surface area (Å²) in [5, 5.41) is 13.9. The van der Waals surface area contributed by atoms with E-state index in [0.717, 1.165) is 128 Å². The topological polar surface area (TPSA) is 108 Å². The van der Waals surface area contributed by atoms with Gasteiger partial charge in [0.15, 0.2) is 0 Å². The SMILES string of the molecule is CC/C=C\C/C=C\C/C=C\C/C=C\C/C=C\C/C=C\C/C=C\C/C=C\C/C=C\C/C=C\C/C=C\CCCCCCCC(=O)NC(COP(=O)([O-])OCC[N+](C)(C)C)C(O)/C=C/CC/C=C/CCCCCCCCCCCCCCCCCCCCCCCCCCC. The molecule has 0 spiro atoms. The monoisotopic (exact) mass is 1300 g/mol. The Morgan fingerprint density at radius 1 is 0.391 bits per heavy atom. The molecule has 0 aliphatic heterocycles. The molecule has 0 aromatic carbocycles. The van der Waals surface area contributed by atoms with Crippen LogP contribution in [0.1, 0.15) is 309 Å². The van der Waals surface area contributed by atoms with E-state index in [1.54, 1.807) is 6.08 Å². The molecule has 0 aromatic heterocycles. The van der Waals surface area contributed by atoms with E-state index in [0.29, 0.717) is 17.4 Å². The number of aliphatic hydroxyl groups is 1. The summed E-state index contributed by atoms with van der Waals surface area (Å²) < 4.78 is 23.5. The zero-order chi connectivity index (χ0) is 66.9. The van der Waals surface area contributed by atoms with Gasteiger partial charge in [-0.25, -0.2) is 0 Å². The van der Waals surface area contributed by atoms with Crippen LogP contribution in [0, 0.1) is 0 Å². The molecule has 0 aliphatic carbocycles. The van der Waals surface area contributed by atoms with Gasteiger partial charge in [0.1, 0.15) is 13.2 Å². The predicted octanol–water partition coefficient (Wildman–Crippen LogP) is 24.3. The third-order valence-electron chi connectivity index (χ3n) is 16.2. The van der Waals surface area contributed by atoms with E-state index in [1.165, 1.54) is 161 Å². The summed E-state index contributed by atoms with van der Waals surface area (Å²) in [4.78, 5) is 25.7. The zero-order valence-electron chi connectivity index (χ0n) is 60.2. The number of phosphoric ester groups is 1. The Morgan fingerprint density at radius 2 is 0.674 bits per heavy atom. The van der Waals surface area contributed by atoms with Crippen molar-refractivity contribution in [3.05, 3.63) is 158 Å². The molecule has 0 aliphatic rings. The van der Waals surface area contributed by atoms with E-state index in [4.69, 9.17) is 9.05 Å². The molecule has 3 unspecified atom stereocenters. The van der Waals surface area contributed by atoms with Crippen molar-refractivity contribution in [2.75, 3.05) is 40.9 Å². The molecule has 526 valence electrons. The van der Waals surface area contributed by atoms with Gasteiger partial charge in [0.2, 0.25) is 5.91 Å².